The summed E-state index contributed by atoms with van der Waals surface area (Å²) >= 11 is 0. The van der Waals surface area contributed by atoms with Gasteiger partial charge in [-0.1, -0.05) is 0 Å². The monoisotopic (exact) mass is 146 g/mol. The van der Waals surface area contributed by atoms with E-state index in [2.05, 4.69) is 0 Å². The molecule has 0 aromatic rings. The van der Waals surface area contributed by atoms with Crippen LogP contribution in [0.1, 0.15) is 0 Å². The van der Waals surface area contributed by atoms with Crippen LogP contribution in [0.15, 0.2) is 0 Å². The maximum absolute atomic E-state index is 10.4. The van der Waals surface area contributed by atoms with E-state index in [1.807, 2.05) is 19.0 Å². The summed E-state index contributed by atoms with van der Waals surface area (Å²) in [5, 5.41) is 8.52. The van der Waals surface area contributed by atoms with Crippen LogP contribution in [-0.4, -0.2) is 43.2 Å². The van der Waals surface area contributed by atoms with Crippen molar-refractivity contribution in [2.24, 2.45) is 11.7 Å². The van der Waals surface area contributed by atoms with Crippen LogP contribution < -0.4 is 5.73 Å². The van der Waals surface area contributed by atoms with E-state index in [0.29, 0.717) is 6.54 Å². The molecule has 3 N–H and O–H groups in total. The number of carbonyl (C=O) groups is 1. The van der Waals surface area contributed by atoms with E-state index in [0.717, 1.165) is 0 Å². The smallest absolute Gasteiger partial charge is 0.309 e. The number of hydrogen-bond acceptors (Lipinski definition) is 3. The van der Waals surface area contributed by atoms with Crippen molar-refractivity contribution in [3.8, 4) is 0 Å². The van der Waals surface area contributed by atoms with Crippen LogP contribution in [0.5, 0.6) is 0 Å². The number of rotatable bonds is 4. The second-order valence-electron chi connectivity index (χ2n) is 2.53. The highest BCUT2D eigenvalue weighted by molar-refractivity contribution is 5.70. The van der Waals surface area contributed by atoms with Crippen molar-refractivity contribution in [1.82, 2.24) is 4.90 Å². The van der Waals surface area contributed by atoms with Gasteiger partial charge in [0.2, 0.25) is 0 Å². The predicted molar refractivity (Wildman–Crippen MR) is 38.7 cm³/mol. The molecule has 0 heterocycles. The molecular formula is C6H14N2O2. The van der Waals surface area contributed by atoms with E-state index in [4.69, 9.17) is 10.8 Å². The minimum atomic E-state index is -0.823. The van der Waals surface area contributed by atoms with E-state index in [1.165, 1.54) is 0 Å². The fourth-order valence-electron chi connectivity index (χ4n) is 0.694. The molecule has 0 unspecified atom stereocenters. The third-order valence-corrected chi connectivity index (χ3v) is 1.22. The molecule has 4 nitrogen and oxygen atoms in total. The van der Waals surface area contributed by atoms with Crippen LogP contribution in [-0.2, 0) is 4.79 Å². The van der Waals surface area contributed by atoms with Crippen molar-refractivity contribution < 1.29 is 9.90 Å². The number of aliphatic carboxylic acids is 1. The van der Waals surface area contributed by atoms with Crippen molar-refractivity contribution in [3.05, 3.63) is 0 Å². The quantitative estimate of drug-likeness (QED) is 0.545. The van der Waals surface area contributed by atoms with Gasteiger partial charge in [0, 0.05) is 13.1 Å². The van der Waals surface area contributed by atoms with E-state index in [9.17, 15) is 4.79 Å². The minimum absolute atomic E-state index is 0.202. The Morgan fingerprint density at radius 3 is 2.30 bits per heavy atom. The molecule has 1 atom stereocenters. The second-order valence-corrected chi connectivity index (χ2v) is 2.53. The van der Waals surface area contributed by atoms with Gasteiger partial charge in [-0.2, -0.15) is 0 Å². The molecule has 0 aromatic heterocycles. The van der Waals surface area contributed by atoms with E-state index in [1.54, 1.807) is 0 Å². The average molecular weight is 146 g/mol. The molecule has 0 aliphatic carbocycles. The fourth-order valence-corrected chi connectivity index (χ4v) is 0.694. The molecule has 0 amide bonds. The lowest BCUT2D eigenvalue weighted by atomic mass is 10.1. The summed E-state index contributed by atoms with van der Waals surface area (Å²) in [5.74, 6) is -1.26. The molecule has 0 fully saturated rings. The number of hydrogen-bond donors (Lipinski definition) is 2. The zero-order chi connectivity index (χ0) is 8.15. The largest absolute Gasteiger partial charge is 0.481 e. The normalized spacial score (nSPS) is 13.6. The maximum atomic E-state index is 10.4. The van der Waals surface area contributed by atoms with Gasteiger partial charge in [-0.3, -0.25) is 4.79 Å². The summed E-state index contributed by atoms with van der Waals surface area (Å²) in [5.41, 5.74) is 5.21. The summed E-state index contributed by atoms with van der Waals surface area (Å²) in [6.45, 7) is 0.708. The molecule has 0 aromatic carbocycles. The lowest BCUT2D eigenvalue weighted by Crippen LogP contribution is -2.33. The molecule has 0 aliphatic rings. The second kappa shape index (κ2) is 4.24. The molecule has 0 rings (SSSR count). The zero-order valence-electron chi connectivity index (χ0n) is 6.37. The lowest BCUT2D eigenvalue weighted by molar-refractivity contribution is -0.141. The van der Waals surface area contributed by atoms with Crippen molar-refractivity contribution in [3.63, 3.8) is 0 Å². The summed E-state index contributed by atoms with van der Waals surface area (Å²) < 4.78 is 0. The third-order valence-electron chi connectivity index (χ3n) is 1.22. The molecule has 0 radical (unpaired) electrons. The Morgan fingerprint density at radius 2 is 2.20 bits per heavy atom. The van der Waals surface area contributed by atoms with Gasteiger partial charge in [0.05, 0.1) is 5.92 Å². The highest BCUT2D eigenvalue weighted by atomic mass is 16.4. The summed E-state index contributed by atoms with van der Waals surface area (Å²) in [6.07, 6.45) is 0. The Balaban J connectivity index is 3.72. The maximum Gasteiger partial charge on any atom is 0.309 e. The number of nitrogens with zero attached hydrogens (tertiary/aromatic N) is 1. The van der Waals surface area contributed by atoms with Crippen molar-refractivity contribution in [2.75, 3.05) is 27.2 Å². The molecule has 60 valence electrons. The molecule has 0 saturated carbocycles. The summed E-state index contributed by atoms with van der Waals surface area (Å²) in [4.78, 5) is 12.2. The molecule has 4 heteroatoms. The van der Waals surface area contributed by atoms with Gasteiger partial charge >= 0.3 is 5.97 Å². The highest BCUT2D eigenvalue weighted by Gasteiger charge is 2.15. The number of carboxylic acid groups (broad SMARTS) is 1. The van der Waals surface area contributed by atoms with Gasteiger partial charge in [0.1, 0.15) is 0 Å². The van der Waals surface area contributed by atoms with Gasteiger partial charge in [-0.15, -0.1) is 0 Å². The molecule has 0 bridgehead atoms. The van der Waals surface area contributed by atoms with Crippen molar-refractivity contribution in [1.29, 1.82) is 0 Å². The van der Waals surface area contributed by atoms with Crippen molar-refractivity contribution in [2.45, 2.75) is 0 Å². The lowest BCUT2D eigenvalue weighted by Gasteiger charge is -2.14. The van der Waals surface area contributed by atoms with Gasteiger partial charge in [0.15, 0.2) is 0 Å². The van der Waals surface area contributed by atoms with E-state index < -0.39 is 11.9 Å². The van der Waals surface area contributed by atoms with Crippen LogP contribution >= 0.6 is 0 Å². The summed E-state index contributed by atoms with van der Waals surface area (Å²) in [7, 11) is 3.65. The van der Waals surface area contributed by atoms with E-state index >= 15 is 0 Å². The van der Waals surface area contributed by atoms with Crippen molar-refractivity contribution >= 4 is 5.97 Å². The third kappa shape index (κ3) is 3.42. The summed E-state index contributed by atoms with van der Waals surface area (Å²) in [6, 6.07) is 0. The van der Waals surface area contributed by atoms with Crippen LogP contribution in [0.4, 0.5) is 0 Å². The van der Waals surface area contributed by atoms with Gasteiger partial charge in [0.25, 0.3) is 0 Å². The average Bonchev–Trinajstić information content (AvgIpc) is 1.81. The van der Waals surface area contributed by atoms with Gasteiger partial charge < -0.3 is 15.7 Å². The van der Waals surface area contributed by atoms with Crippen LogP contribution in [0.3, 0.4) is 0 Å². The van der Waals surface area contributed by atoms with E-state index in [-0.39, 0.29) is 6.54 Å². The Morgan fingerprint density at radius 1 is 1.70 bits per heavy atom. The molecule has 0 aliphatic heterocycles. The SMILES string of the molecule is CN(C)C[C@H](CN)C(=O)O. The first-order valence-corrected chi connectivity index (χ1v) is 3.15. The Labute approximate surface area is 60.6 Å². The van der Waals surface area contributed by atoms with Crippen LogP contribution in [0, 0.1) is 5.92 Å². The first kappa shape index (κ1) is 9.39. The molecular weight excluding hydrogens is 132 g/mol. The minimum Gasteiger partial charge on any atom is -0.481 e. The Bertz CT molecular complexity index is 114. The first-order valence-electron chi connectivity index (χ1n) is 3.15. The topological polar surface area (TPSA) is 66.6 Å². The highest BCUT2D eigenvalue weighted by Crippen LogP contribution is 1.94. The van der Waals surface area contributed by atoms with Gasteiger partial charge in [-0.25, -0.2) is 0 Å². The number of nitrogens with two attached hydrogens (primary N) is 1. The number of carboxylic acids is 1. The standard InChI is InChI=1S/C6H14N2O2/c1-8(2)4-5(3-7)6(9)10/h5H,3-4,7H2,1-2H3,(H,9,10)/t5-/m0/s1. The Hall–Kier alpha value is -0.610. The van der Waals surface area contributed by atoms with Crippen LogP contribution in [0.25, 0.3) is 0 Å². The molecule has 0 saturated heterocycles. The van der Waals surface area contributed by atoms with Gasteiger partial charge in [-0.05, 0) is 14.1 Å². The van der Waals surface area contributed by atoms with Crippen LogP contribution in [0.2, 0.25) is 0 Å². The first-order chi connectivity index (χ1) is 4.57. The fraction of sp³-hybridized carbons (Fsp3) is 0.833. The molecule has 10 heavy (non-hydrogen) atoms. The zero-order valence-corrected chi connectivity index (χ0v) is 6.37. The predicted octanol–water partition coefficient (Wildman–Crippen LogP) is -0.792. The molecule has 0 spiro atoms. The Kier molecular flexibility index (Phi) is 3.99.